The second-order valence-corrected chi connectivity index (χ2v) is 6.31. The summed E-state index contributed by atoms with van der Waals surface area (Å²) in [6, 6.07) is 17.2. The number of aromatic nitrogens is 2. The summed E-state index contributed by atoms with van der Waals surface area (Å²) < 4.78 is 5.18. The number of ether oxygens (including phenoxy) is 1. The van der Waals surface area contributed by atoms with Gasteiger partial charge in [-0.05, 0) is 42.8 Å². The lowest BCUT2D eigenvalue weighted by Gasteiger charge is -2.11. The minimum Gasteiger partial charge on any atom is -0.497 e. The third-order valence-electron chi connectivity index (χ3n) is 3.93. The Morgan fingerprint density at radius 1 is 1.04 bits per heavy atom. The zero-order chi connectivity index (χ0) is 19.9. The molecule has 7 heteroatoms. The molecule has 1 amide bonds. The molecule has 0 aliphatic rings. The van der Waals surface area contributed by atoms with E-state index < -0.39 is 0 Å². The number of carbonyl (C=O) groups excluding carboxylic acids is 1. The maximum Gasteiger partial charge on any atom is 0.229 e. The van der Waals surface area contributed by atoms with Gasteiger partial charge in [0.2, 0.25) is 11.9 Å². The number of nitrogens with zero attached hydrogens (tertiary/aromatic N) is 2. The molecule has 0 atom stereocenters. The van der Waals surface area contributed by atoms with Crippen LogP contribution in [0.2, 0.25) is 0 Å². The molecule has 0 aliphatic carbocycles. The SMILES string of the molecule is COc1ccc(CNc2cc(C)nc(Nc3cccc(NC(C)=O)c3)n2)cc1. The number of methoxy groups -OCH3 is 1. The van der Waals surface area contributed by atoms with Crippen LogP contribution in [0.4, 0.5) is 23.1 Å². The van der Waals surface area contributed by atoms with E-state index in [1.807, 2.05) is 61.5 Å². The third-order valence-corrected chi connectivity index (χ3v) is 3.93. The van der Waals surface area contributed by atoms with Gasteiger partial charge in [-0.15, -0.1) is 0 Å². The molecule has 0 aliphatic heterocycles. The summed E-state index contributed by atoms with van der Waals surface area (Å²) in [5.41, 5.74) is 3.46. The lowest BCUT2D eigenvalue weighted by molar-refractivity contribution is -0.114. The first-order valence-corrected chi connectivity index (χ1v) is 8.89. The standard InChI is InChI=1S/C21H23N5O2/c1-14-11-20(22-13-16-7-9-19(28-3)10-8-16)26-21(23-14)25-18-6-4-5-17(12-18)24-15(2)27/h4-12H,13H2,1-3H3,(H,24,27)(H2,22,23,25,26). The fourth-order valence-corrected chi connectivity index (χ4v) is 2.66. The molecule has 1 aromatic heterocycles. The number of aryl methyl sites for hydroxylation is 1. The lowest BCUT2D eigenvalue weighted by Crippen LogP contribution is -2.07. The van der Waals surface area contributed by atoms with Gasteiger partial charge in [-0.1, -0.05) is 18.2 Å². The Labute approximate surface area is 164 Å². The zero-order valence-corrected chi connectivity index (χ0v) is 16.1. The van der Waals surface area contributed by atoms with E-state index in [1.54, 1.807) is 7.11 Å². The number of anilines is 4. The van der Waals surface area contributed by atoms with Gasteiger partial charge in [0.25, 0.3) is 0 Å². The van der Waals surface area contributed by atoms with Crippen molar-refractivity contribution in [3.8, 4) is 5.75 Å². The number of amides is 1. The number of rotatable bonds is 7. The normalized spacial score (nSPS) is 10.2. The van der Waals surface area contributed by atoms with Crippen LogP contribution >= 0.6 is 0 Å². The summed E-state index contributed by atoms with van der Waals surface area (Å²) in [7, 11) is 1.65. The first-order valence-electron chi connectivity index (χ1n) is 8.89. The molecule has 0 unspecified atom stereocenters. The fraction of sp³-hybridized carbons (Fsp3) is 0.190. The van der Waals surface area contributed by atoms with Crippen molar-refractivity contribution in [2.45, 2.75) is 20.4 Å². The van der Waals surface area contributed by atoms with Crippen LogP contribution in [-0.2, 0) is 11.3 Å². The van der Waals surface area contributed by atoms with E-state index in [9.17, 15) is 4.79 Å². The number of benzene rings is 2. The van der Waals surface area contributed by atoms with Crippen molar-refractivity contribution in [3.05, 3.63) is 65.9 Å². The van der Waals surface area contributed by atoms with E-state index in [1.165, 1.54) is 6.92 Å². The number of hydrogen-bond donors (Lipinski definition) is 3. The van der Waals surface area contributed by atoms with Crippen LogP contribution in [0.25, 0.3) is 0 Å². The number of nitrogens with one attached hydrogen (secondary N) is 3. The summed E-state index contributed by atoms with van der Waals surface area (Å²) in [4.78, 5) is 20.2. The van der Waals surface area contributed by atoms with E-state index in [2.05, 4.69) is 25.9 Å². The molecule has 0 spiro atoms. The van der Waals surface area contributed by atoms with E-state index in [0.29, 0.717) is 18.2 Å². The Morgan fingerprint density at radius 3 is 2.50 bits per heavy atom. The van der Waals surface area contributed by atoms with Gasteiger partial charge in [-0.25, -0.2) is 4.98 Å². The molecular weight excluding hydrogens is 354 g/mol. The van der Waals surface area contributed by atoms with E-state index in [0.717, 1.165) is 28.5 Å². The Morgan fingerprint density at radius 2 is 1.79 bits per heavy atom. The molecule has 3 rings (SSSR count). The minimum absolute atomic E-state index is 0.117. The van der Waals surface area contributed by atoms with Crippen molar-refractivity contribution in [2.24, 2.45) is 0 Å². The van der Waals surface area contributed by atoms with E-state index in [-0.39, 0.29) is 5.91 Å². The van der Waals surface area contributed by atoms with Crippen molar-refractivity contribution >= 4 is 29.0 Å². The monoisotopic (exact) mass is 377 g/mol. The predicted molar refractivity (Wildman–Crippen MR) is 111 cm³/mol. The smallest absolute Gasteiger partial charge is 0.229 e. The Bertz CT molecular complexity index is 957. The number of hydrogen-bond acceptors (Lipinski definition) is 6. The molecule has 3 aromatic rings. The van der Waals surface area contributed by atoms with Gasteiger partial charge in [-0.3, -0.25) is 4.79 Å². The highest BCUT2D eigenvalue weighted by Gasteiger charge is 2.05. The van der Waals surface area contributed by atoms with Crippen LogP contribution in [0.3, 0.4) is 0 Å². The maximum atomic E-state index is 11.2. The first kappa shape index (κ1) is 19.2. The molecule has 144 valence electrons. The van der Waals surface area contributed by atoms with Crippen molar-refractivity contribution in [2.75, 3.05) is 23.1 Å². The third kappa shape index (κ3) is 5.44. The molecule has 2 aromatic carbocycles. The topological polar surface area (TPSA) is 88.2 Å². The molecule has 3 N–H and O–H groups in total. The van der Waals surface area contributed by atoms with Gasteiger partial charge < -0.3 is 20.7 Å². The quantitative estimate of drug-likeness (QED) is 0.574. The molecule has 7 nitrogen and oxygen atoms in total. The van der Waals surface area contributed by atoms with Gasteiger partial charge in [0.1, 0.15) is 11.6 Å². The molecule has 1 heterocycles. The van der Waals surface area contributed by atoms with Gasteiger partial charge >= 0.3 is 0 Å². The molecule has 0 fully saturated rings. The summed E-state index contributed by atoms with van der Waals surface area (Å²) in [6.07, 6.45) is 0. The molecular formula is C21H23N5O2. The van der Waals surface area contributed by atoms with Gasteiger partial charge in [0.15, 0.2) is 0 Å². The van der Waals surface area contributed by atoms with E-state index >= 15 is 0 Å². The largest absolute Gasteiger partial charge is 0.497 e. The second-order valence-electron chi connectivity index (χ2n) is 6.31. The highest BCUT2D eigenvalue weighted by Crippen LogP contribution is 2.20. The molecule has 0 bridgehead atoms. The first-order chi connectivity index (χ1) is 13.5. The average molecular weight is 377 g/mol. The van der Waals surface area contributed by atoms with Gasteiger partial charge in [0.05, 0.1) is 7.11 Å². The highest BCUT2D eigenvalue weighted by molar-refractivity contribution is 5.89. The molecule has 0 radical (unpaired) electrons. The molecule has 28 heavy (non-hydrogen) atoms. The van der Waals surface area contributed by atoms with Crippen molar-refractivity contribution in [1.82, 2.24) is 9.97 Å². The summed E-state index contributed by atoms with van der Waals surface area (Å²) in [6.45, 7) is 4.03. The summed E-state index contributed by atoms with van der Waals surface area (Å²) in [5.74, 6) is 1.92. The Kier molecular flexibility index (Phi) is 6.06. The van der Waals surface area contributed by atoms with E-state index in [4.69, 9.17) is 4.74 Å². The minimum atomic E-state index is -0.117. The highest BCUT2D eigenvalue weighted by atomic mass is 16.5. The van der Waals surface area contributed by atoms with Crippen molar-refractivity contribution in [3.63, 3.8) is 0 Å². The second kappa shape index (κ2) is 8.85. The lowest BCUT2D eigenvalue weighted by atomic mass is 10.2. The van der Waals surface area contributed by atoms with Crippen LogP contribution < -0.4 is 20.7 Å². The fourth-order valence-electron chi connectivity index (χ4n) is 2.66. The average Bonchev–Trinajstić information content (AvgIpc) is 2.66. The molecule has 0 saturated carbocycles. The van der Waals surface area contributed by atoms with Crippen molar-refractivity contribution < 1.29 is 9.53 Å². The van der Waals surface area contributed by atoms with Gasteiger partial charge in [0, 0.05) is 36.6 Å². The summed E-state index contributed by atoms with van der Waals surface area (Å²) >= 11 is 0. The van der Waals surface area contributed by atoms with Crippen LogP contribution in [0, 0.1) is 6.92 Å². The summed E-state index contributed by atoms with van der Waals surface area (Å²) in [5, 5.41) is 9.26. The predicted octanol–water partition coefficient (Wildman–Crippen LogP) is 4.11. The Balaban J connectivity index is 1.69. The Hall–Kier alpha value is -3.61. The van der Waals surface area contributed by atoms with Crippen LogP contribution in [0.1, 0.15) is 18.2 Å². The van der Waals surface area contributed by atoms with Crippen LogP contribution in [-0.4, -0.2) is 23.0 Å². The number of carbonyl (C=O) groups is 1. The zero-order valence-electron chi connectivity index (χ0n) is 16.1. The van der Waals surface area contributed by atoms with Crippen molar-refractivity contribution in [1.29, 1.82) is 0 Å². The maximum absolute atomic E-state index is 11.2. The van der Waals surface area contributed by atoms with Gasteiger partial charge in [-0.2, -0.15) is 4.98 Å². The van der Waals surface area contributed by atoms with Crippen LogP contribution in [0.5, 0.6) is 5.75 Å². The molecule has 0 saturated heterocycles. The van der Waals surface area contributed by atoms with Crippen LogP contribution in [0.15, 0.2) is 54.6 Å².